The Balaban J connectivity index is 2.35. The zero-order valence-electron chi connectivity index (χ0n) is 8.75. The van der Waals surface area contributed by atoms with Crippen molar-refractivity contribution in [2.75, 3.05) is 20.1 Å². The Labute approximate surface area is 85.9 Å². The van der Waals surface area contributed by atoms with E-state index in [-0.39, 0.29) is 5.91 Å². The maximum absolute atomic E-state index is 11.6. The van der Waals surface area contributed by atoms with E-state index in [2.05, 4.69) is 11.2 Å². The number of piperidine rings is 1. The summed E-state index contributed by atoms with van der Waals surface area (Å²) >= 11 is 0. The van der Waals surface area contributed by atoms with Crippen LogP contribution in [0, 0.1) is 12.3 Å². The maximum atomic E-state index is 11.6. The standard InChI is InChI=1S/C11H18N2O/c1-3-4-5-11(14)13(2)10-6-8-12-9-7-10/h1,10,12H,4-9H2,2H3. The van der Waals surface area contributed by atoms with Crippen molar-refractivity contribution in [1.29, 1.82) is 0 Å². The third kappa shape index (κ3) is 3.04. The molecule has 3 heteroatoms. The lowest BCUT2D eigenvalue weighted by Gasteiger charge is -2.31. The molecular formula is C11H18N2O. The minimum atomic E-state index is 0.176. The molecular weight excluding hydrogens is 176 g/mol. The van der Waals surface area contributed by atoms with Crippen LogP contribution in [0.2, 0.25) is 0 Å². The molecule has 78 valence electrons. The van der Waals surface area contributed by atoms with Crippen LogP contribution in [0.15, 0.2) is 0 Å². The minimum Gasteiger partial charge on any atom is -0.343 e. The van der Waals surface area contributed by atoms with E-state index in [4.69, 9.17) is 6.42 Å². The number of terminal acetylenes is 1. The van der Waals surface area contributed by atoms with Crippen LogP contribution in [-0.4, -0.2) is 37.0 Å². The SMILES string of the molecule is C#CCCC(=O)N(C)C1CCNCC1. The van der Waals surface area contributed by atoms with Crippen LogP contribution in [0.5, 0.6) is 0 Å². The topological polar surface area (TPSA) is 32.3 Å². The Morgan fingerprint density at radius 1 is 1.57 bits per heavy atom. The van der Waals surface area contributed by atoms with Gasteiger partial charge in [-0.2, -0.15) is 0 Å². The molecule has 14 heavy (non-hydrogen) atoms. The largest absolute Gasteiger partial charge is 0.343 e. The molecule has 0 aromatic heterocycles. The van der Waals surface area contributed by atoms with E-state index in [0.717, 1.165) is 25.9 Å². The van der Waals surface area contributed by atoms with E-state index >= 15 is 0 Å². The molecule has 0 aliphatic carbocycles. The average molecular weight is 194 g/mol. The first-order chi connectivity index (χ1) is 6.75. The summed E-state index contributed by atoms with van der Waals surface area (Å²) in [5.74, 6) is 2.67. The van der Waals surface area contributed by atoms with E-state index in [0.29, 0.717) is 18.9 Å². The van der Waals surface area contributed by atoms with Crippen molar-refractivity contribution in [3.8, 4) is 12.3 Å². The number of hydrogen-bond donors (Lipinski definition) is 1. The monoisotopic (exact) mass is 194 g/mol. The van der Waals surface area contributed by atoms with Crippen molar-refractivity contribution in [3.05, 3.63) is 0 Å². The highest BCUT2D eigenvalue weighted by molar-refractivity contribution is 5.76. The first-order valence-electron chi connectivity index (χ1n) is 5.15. The molecule has 0 atom stereocenters. The Hall–Kier alpha value is -1.01. The van der Waals surface area contributed by atoms with E-state index < -0.39 is 0 Å². The predicted molar refractivity (Wildman–Crippen MR) is 56.7 cm³/mol. The quantitative estimate of drug-likeness (QED) is 0.668. The molecule has 0 aromatic rings. The number of nitrogens with one attached hydrogen (secondary N) is 1. The van der Waals surface area contributed by atoms with E-state index in [1.807, 2.05) is 11.9 Å². The first-order valence-corrected chi connectivity index (χ1v) is 5.15. The molecule has 0 spiro atoms. The lowest BCUT2D eigenvalue weighted by atomic mass is 10.0. The molecule has 1 aliphatic heterocycles. The fraction of sp³-hybridized carbons (Fsp3) is 0.727. The Morgan fingerprint density at radius 2 is 2.21 bits per heavy atom. The highest BCUT2D eigenvalue weighted by atomic mass is 16.2. The van der Waals surface area contributed by atoms with Crippen LogP contribution in [0.4, 0.5) is 0 Å². The van der Waals surface area contributed by atoms with Gasteiger partial charge in [-0.1, -0.05) is 0 Å². The van der Waals surface area contributed by atoms with Crippen LogP contribution in [-0.2, 0) is 4.79 Å². The number of amides is 1. The van der Waals surface area contributed by atoms with Gasteiger partial charge in [0.05, 0.1) is 0 Å². The second kappa shape index (κ2) is 5.66. The van der Waals surface area contributed by atoms with E-state index in [1.54, 1.807) is 0 Å². The Kier molecular flexibility index (Phi) is 4.48. The maximum Gasteiger partial charge on any atom is 0.223 e. The third-order valence-corrected chi connectivity index (χ3v) is 2.73. The summed E-state index contributed by atoms with van der Waals surface area (Å²) in [5.41, 5.74) is 0. The molecule has 1 fully saturated rings. The van der Waals surface area contributed by atoms with Gasteiger partial charge in [-0.05, 0) is 25.9 Å². The molecule has 0 radical (unpaired) electrons. The third-order valence-electron chi connectivity index (χ3n) is 2.73. The Bertz CT molecular complexity index is 226. The van der Waals surface area contributed by atoms with Crippen LogP contribution < -0.4 is 5.32 Å². The first kappa shape index (κ1) is 11.1. The molecule has 1 rings (SSSR count). The lowest BCUT2D eigenvalue weighted by molar-refractivity contribution is -0.132. The highest BCUT2D eigenvalue weighted by Crippen LogP contribution is 2.11. The molecule has 0 saturated carbocycles. The molecule has 1 heterocycles. The minimum absolute atomic E-state index is 0.176. The van der Waals surface area contributed by atoms with Crippen molar-refractivity contribution in [2.45, 2.75) is 31.7 Å². The smallest absolute Gasteiger partial charge is 0.223 e. The second-order valence-electron chi connectivity index (χ2n) is 3.69. The van der Waals surface area contributed by atoms with Gasteiger partial charge in [-0.25, -0.2) is 0 Å². The fourth-order valence-corrected chi connectivity index (χ4v) is 1.75. The van der Waals surface area contributed by atoms with Gasteiger partial charge in [-0.15, -0.1) is 12.3 Å². The van der Waals surface area contributed by atoms with Crippen molar-refractivity contribution in [1.82, 2.24) is 10.2 Å². The lowest BCUT2D eigenvalue weighted by Crippen LogP contribution is -2.43. The number of hydrogen-bond acceptors (Lipinski definition) is 2. The molecule has 1 aliphatic rings. The highest BCUT2D eigenvalue weighted by Gasteiger charge is 2.20. The van der Waals surface area contributed by atoms with Crippen molar-refractivity contribution >= 4 is 5.91 Å². The Morgan fingerprint density at radius 3 is 2.79 bits per heavy atom. The number of carbonyl (C=O) groups excluding carboxylic acids is 1. The summed E-state index contributed by atoms with van der Waals surface area (Å²) in [6.07, 6.45) is 8.27. The van der Waals surface area contributed by atoms with Gasteiger partial charge >= 0.3 is 0 Å². The fourth-order valence-electron chi connectivity index (χ4n) is 1.75. The van der Waals surface area contributed by atoms with E-state index in [1.165, 1.54) is 0 Å². The molecule has 1 N–H and O–H groups in total. The van der Waals surface area contributed by atoms with Gasteiger partial charge < -0.3 is 10.2 Å². The molecule has 1 amide bonds. The van der Waals surface area contributed by atoms with Gasteiger partial charge in [0, 0.05) is 25.9 Å². The van der Waals surface area contributed by atoms with Gasteiger partial charge in [0.15, 0.2) is 0 Å². The average Bonchev–Trinajstić information content (AvgIpc) is 2.26. The molecule has 3 nitrogen and oxygen atoms in total. The summed E-state index contributed by atoms with van der Waals surface area (Å²) in [4.78, 5) is 13.5. The summed E-state index contributed by atoms with van der Waals surface area (Å²) in [6.45, 7) is 2.02. The van der Waals surface area contributed by atoms with Crippen molar-refractivity contribution in [3.63, 3.8) is 0 Å². The van der Waals surface area contributed by atoms with Crippen LogP contribution >= 0.6 is 0 Å². The summed E-state index contributed by atoms with van der Waals surface area (Å²) in [6, 6.07) is 0.404. The van der Waals surface area contributed by atoms with Crippen LogP contribution in [0.3, 0.4) is 0 Å². The second-order valence-corrected chi connectivity index (χ2v) is 3.69. The number of rotatable bonds is 3. The molecule has 1 saturated heterocycles. The molecule has 0 bridgehead atoms. The van der Waals surface area contributed by atoms with Gasteiger partial charge in [0.25, 0.3) is 0 Å². The number of nitrogens with zero attached hydrogens (tertiary/aromatic N) is 1. The summed E-state index contributed by atoms with van der Waals surface area (Å²) in [7, 11) is 1.88. The normalized spacial score (nSPS) is 17.4. The molecule has 0 unspecified atom stereocenters. The van der Waals surface area contributed by atoms with E-state index in [9.17, 15) is 4.79 Å². The predicted octanol–water partition coefficient (Wildman–Crippen LogP) is 0.610. The van der Waals surface area contributed by atoms with Gasteiger partial charge in [0.1, 0.15) is 0 Å². The van der Waals surface area contributed by atoms with Gasteiger partial charge in [-0.3, -0.25) is 4.79 Å². The van der Waals surface area contributed by atoms with Crippen molar-refractivity contribution in [2.24, 2.45) is 0 Å². The van der Waals surface area contributed by atoms with Crippen molar-refractivity contribution < 1.29 is 4.79 Å². The van der Waals surface area contributed by atoms with Crippen LogP contribution in [0.1, 0.15) is 25.7 Å². The zero-order chi connectivity index (χ0) is 10.4. The van der Waals surface area contributed by atoms with Gasteiger partial charge in [0.2, 0.25) is 5.91 Å². The summed E-state index contributed by atoms with van der Waals surface area (Å²) in [5, 5.41) is 3.28. The number of carbonyl (C=O) groups is 1. The molecule has 0 aromatic carbocycles. The van der Waals surface area contributed by atoms with Crippen LogP contribution in [0.25, 0.3) is 0 Å². The zero-order valence-corrected chi connectivity index (χ0v) is 8.75. The summed E-state index contributed by atoms with van der Waals surface area (Å²) < 4.78 is 0.